The van der Waals surface area contributed by atoms with Crippen molar-refractivity contribution in [1.29, 1.82) is 0 Å². The largest absolute Gasteiger partial charge is 0.545 e. The normalized spacial score (nSPS) is 18.5. The molecule has 0 saturated carbocycles. The van der Waals surface area contributed by atoms with Crippen LogP contribution < -0.4 is 15.3 Å². The Kier molecular flexibility index (Phi) is 3.88. The van der Waals surface area contributed by atoms with Crippen LogP contribution in [0.3, 0.4) is 0 Å². The van der Waals surface area contributed by atoms with Crippen LogP contribution in [0.1, 0.15) is 41.6 Å². The topological polar surface area (TPSA) is 73.7 Å². The standard InChI is InChI=1S/C14H20N2O3S/c1-14(2,3)13(19)15-11-10(12(17)18)8-5-6-16(4)7-9(8)20-11/h5-7H2,1-4H3,(H,15,19)(H,17,18). The molecule has 2 N–H and O–H groups in total. The highest BCUT2D eigenvalue weighted by molar-refractivity contribution is 7.16. The summed E-state index contributed by atoms with van der Waals surface area (Å²) in [7, 11) is 2.08. The molecular weight excluding hydrogens is 276 g/mol. The van der Waals surface area contributed by atoms with Gasteiger partial charge in [-0.15, -0.1) is 11.3 Å². The van der Waals surface area contributed by atoms with Gasteiger partial charge in [-0.3, -0.25) is 4.79 Å². The van der Waals surface area contributed by atoms with Gasteiger partial charge in [0.2, 0.25) is 5.91 Å². The van der Waals surface area contributed by atoms with Crippen LogP contribution in [0.25, 0.3) is 0 Å². The van der Waals surface area contributed by atoms with Crippen LogP contribution in [0.5, 0.6) is 0 Å². The molecule has 6 heteroatoms. The smallest absolute Gasteiger partial charge is 0.230 e. The highest BCUT2D eigenvalue weighted by Crippen LogP contribution is 2.35. The van der Waals surface area contributed by atoms with E-state index in [2.05, 4.69) is 12.4 Å². The maximum atomic E-state index is 12.1. The molecule has 0 fully saturated rings. The third-order valence-corrected chi connectivity index (χ3v) is 4.61. The SMILES string of the molecule is C[NH+]1CCc2c(sc(NC(=O)C(C)(C)C)c2C(=O)[O-])C1. The van der Waals surface area contributed by atoms with E-state index in [0.29, 0.717) is 11.4 Å². The number of nitrogens with one attached hydrogen (secondary N) is 2. The molecule has 110 valence electrons. The van der Waals surface area contributed by atoms with Gasteiger partial charge in [-0.1, -0.05) is 20.8 Å². The number of aromatic carboxylic acids is 1. The van der Waals surface area contributed by atoms with Gasteiger partial charge in [0.25, 0.3) is 0 Å². The number of likely N-dealkylation sites (N-methyl/N-ethyl adjacent to an activating group) is 1. The van der Waals surface area contributed by atoms with Crippen LogP contribution in [0.4, 0.5) is 5.00 Å². The number of amides is 1. The van der Waals surface area contributed by atoms with Crippen LogP contribution in [0, 0.1) is 5.41 Å². The molecule has 1 aliphatic heterocycles. The van der Waals surface area contributed by atoms with Crippen molar-refractivity contribution in [3.63, 3.8) is 0 Å². The monoisotopic (exact) mass is 296 g/mol. The van der Waals surface area contributed by atoms with Crippen LogP contribution in [0.15, 0.2) is 0 Å². The van der Waals surface area contributed by atoms with E-state index in [0.717, 1.165) is 23.5 Å². The van der Waals surface area contributed by atoms with Gasteiger partial charge < -0.3 is 20.1 Å². The summed E-state index contributed by atoms with van der Waals surface area (Å²) in [6, 6.07) is 0. The summed E-state index contributed by atoms with van der Waals surface area (Å²) in [4.78, 5) is 25.9. The van der Waals surface area contributed by atoms with Gasteiger partial charge in [0.1, 0.15) is 11.5 Å². The maximum Gasteiger partial charge on any atom is 0.230 e. The Morgan fingerprint density at radius 1 is 1.35 bits per heavy atom. The van der Waals surface area contributed by atoms with Crippen molar-refractivity contribution in [3.8, 4) is 0 Å². The van der Waals surface area contributed by atoms with E-state index in [9.17, 15) is 14.7 Å². The van der Waals surface area contributed by atoms with Gasteiger partial charge in [0, 0.05) is 17.4 Å². The Hall–Kier alpha value is -1.40. The van der Waals surface area contributed by atoms with E-state index in [4.69, 9.17) is 0 Å². The lowest BCUT2D eigenvalue weighted by Gasteiger charge is -2.20. The molecule has 0 aliphatic carbocycles. The molecule has 2 rings (SSSR count). The summed E-state index contributed by atoms with van der Waals surface area (Å²) >= 11 is 1.36. The summed E-state index contributed by atoms with van der Waals surface area (Å²) in [6.07, 6.45) is 0.715. The first-order valence-electron chi connectivity index (χ1n) is 6.68. The average molecular weight is 296 g/mol. The molecule has 1 amide bonds. The van der Waals surface area contributed by atoms with Crippen molar-refractivity contribution in [3.05, 3.63) is 16.0 Å². The number of carbonyl (C=O) groups excluding carboxylic acids is 2. The van der Waals surface area contributed by atoms with Crippen molar-refractivity contribution in [1.82, 2.24) is 0 Å². The molecule has 5 nitrogen and oxygen atoms in total. The van der Waals surface area contributed by atoms with Crippen molar-refractivity contribution >= 4 is 28.2 Å². The second-order valence-electron chi connectivity index (χ2n) is 6.33. The zero-order valence-electron chi connectivity index (χ0n) is 12.3. The fourth-order valence-corrected chi connectivity index (χ4v) is 3.56. The number of hydrogen-bond acceptors (Lipinski definition) is 4. The Balaban J connectivity index is 2.38. The summed E-state index contributed by atoms with van der Waals surface area (Å²) in [5.41, 5.74) is 0.454. The van der Waals surface area contributed by atoms with Crippen LogP contribution in [-0.4, -0.2) is 25.5 Å². The third-order valence-electron chi connectivity index (χ3n) is 3.47. The molecule has 1 unspecified atom stereocenters. The fourth-order valence-electron chi connectivity index (χ4n) is 2.21. The summed E-state index contributed by atoms with van der Waals surface area (Å²) in [5.74, 6) is -1.38. The number of carboxylic acid groups (broad SMARTS) is 1. The lowest BCUT2D eigenvalue weighted by atomic mass is 9.95. The van der Waals surface area contributed by atoms with E-state index in [1.807, 2.05) is 0 Å². The highest BCUT2D eigenvalue weighted by Gasteiger charge is 2.28. The number of hydrogen-bond donors (Lipinski definition) is 2. The summed E-state index contributed by atoms with van der Waals surface area (Å²) in [5, 5.41) is 14.6. The molecular formula is C14H20N2O3S. The predicted octanol–water partition coefficient (Wildman–Crippen LogP) is -0.333. The first-order chi connectivity index (χ1) is 9.20. The Morgan fingerprint density at radius 3 is 2.55 bits per heavy atom. The number of rotatable bonds is 2. The van der Waals surface area contributed by atoms with Crippen LogP contribution in [0.2, 0.25) is 0 Å². The van der Waals surface area contributed by atoms with E-state index >= 15 is 0 Å². The number of carboxylic acids is 1. The zero-order chi connectivity index (χ0) is 15.1. The molecule has 1 aromatic heterocycles. The molecule has 0 radical (unpaired) electrons. The number of thiophene rings is 1. The van der Waals surface area contributed by atoms with Crippen molar-refractivity contribution < 1.29 is 19.6 Å². The van der Waals surface area contributed by atoms with Crippen LogP contribution in [-0.2, 0) is 17.8 Å². The lowest BCUT2D eigenvalue weighted by molar-refractivity contribution is -0.895. The van der Waals surface area contributed by atoms with Gasteiger partial charge in [0.15, 0.2) is 0 Å². The minimum absolute atomic E-state index is 0.176. The number of anilines is 1. The van der Waals surface area contributed by atoms with Gasteiger partial charge in [-0.05, 0) is 5.56 Å². The van der Waals surface area contributed by atoms with Crippen LogP contribution >= 0.6 is 11.3 Å². The van der Waals surface area contributed by atoms with E-state index in [1.54, 1.807) is 20.8 Å². The fraction of sp³-hybridized carbons (Fsp3) is 0.571. The number of carbonyl (C=O) groups is 2. The number of quaternary nitrogens is 1. The first kappa shape index (κ1) is 15.0. The Bertz CT molecular complexity index is 558. The third kappa shape index (κ3) is 2.86. The minimum atomic E-state index is -1.20. The average Bonchev–Trinajstić information content (AvgIpc) is 2.64. The second-order valence-corrected chi connectivity index (χ2v) is 7.44. The molecule has 0 aromatic carbocycles. The van der Waals surface area contributed by atoms with Gasteiger partial charge in [0.05, 0.1) is 24.4 Å². The molecule has 1 aliphatic rings. The minimum Gasteiger partial charge on any atom is -0.545 e. The van der Waals surface area contributed by atoms with E-state index in [1.165, 1.54) is 16.2 Å². The first-order valence-corrected chi connectivity index (χ1v) is 7.50. The molecule has 1 aromatic rings. The molecule has 20 heavy (non-hydrogen) atoms. The van der Waals surface area contributed by atoms with Crippen molar-refractivity contribution in [2.75, 3.05) is 18.9 Å². The number of fused-ring (bicyclic) bond motifs is 1. The Morgan fingerprint density at radius 2 is 2.00 bits per heavy atom. The van der Waals surface area contributed by atoms with Gasteiger partial charge >= 0.3 is 0 Å². The highest BCUT2D eigenvalue weighted by atomic mass is 32.1. The quantitative estimate of drug-likeness (QED) is 0.785. The van der Waals surface area contributed by atoms with Crippen molar-refractivity contribution in [2.24, 2.45) is 5.41 Å². The molecule has 2 heterocycles. The molecule has 0 spiro atoms. The predicted molar refractivity (Wildman–Crippen MR) is 75.9 cm³/mol. The zero-order valence-corrected chi connectivity index (χ0v) is 13.1. The molecule has 1 atom stereocenters. The Labute approximate surface area is 122 Å². The molecule has 0 saturated heterocycles. The van der Waals surface area contributed by atoms with Gasteiger partial charge in [-0.2, -0.15) is 0 Å². The molecule has 0 bridgehead atoms. The summed E-state index contributed by atoms with van der Waals surface area (Å²) in [6.45, 7) is 7.09. The van der Waals surface area contributed by atoms with Gasteiger partial charge in [-0.25, -0.2) is 0 Å². The van der Waals surface area contributed by atoms with E-state index in [-0.39, 0.29) is 11.5 Å². The van der Waals surface area contributed by atoms with E-state index < -0.39 is 11.4 Å². The maximum absolute atomic E-state index is 12.1. The lowest BCUT2D eigenvalue weighted by Crippen LogP contribution is -3.08. The summed E-state index contributed by atoms with van der Waals surface area (Å²) < 4.78 is 0. The van der Waals surface area contributed by atoms with Crippen molar-refractivity contribution in [2.45, 2.75) is 33.7 Å². The second kappa shape index (κ2) is 5.18.